The molecule has 0 bridgehead atoms. The molecule has 0 atom stereocenters. The Morgan fingerprint density at radius 2 is 1.81 bits per heavy atom. The first-order valence-electron chi connectivity index (χ1n) is 12.9. The predicted octanol–water partition coefficient (Wildman–Crippen LogP) is 4.83. The summed E-state index contributed by atoms with van der Waals surface area (Å²) in [6.07, 6.45) is 2.84. The van der Waals surface area contributed by atoms with Crippen molar-refractivity contribution in [2.75, 3.05) is 13.2 Å². The molecular formula is C28H37NO8. The van der Waals surface area contributed by atoms with E-state index in [2.05, 4.69) is 5.32 Å². The summed E-state index contributed by atoms with van der Waals surface area (Å²) < 4.78 is 21.3. The Kier molecular flexibility index (Phi) is 9.34. The van der Waals surface area contributed by atoms with Crippen molar-refractivity contribution in [3.05, 3.63) is 39.7 Å². The monoisotopic (exact) mass is 515 g/mol. The molecule has 0 saturated heterocycles. The summed E-state index contributed by atoms with van der Waals surface area (Å²) in [6.45, 7) is 9.80. The van der Waals surface area contributed by atoms with Crippen LogP contribution in [0.5, 0.6) is 5.75 Å². The lowest BCUT2D eigenvalue weighted by atomic mass is 9.82. The van der Waals surface area contributed by atoms with Gasteiger partial charge in [0, 0.05) is 30.0 Å². The maximum atomic E-state index is 12.8. The maximum Gasteiger partial charge on any atom is 0.407 e. The van der Waals surface area contributed by atoms with Gasteiger partial charge in [0.2, 0.25) is 0 Å². The van der Waals surface area contributed by atoms with Crippen LogP contribution in [0.15, 0.2) is 27.4 Å². The number of ether oxygens (including phenoxy) is 3. The summed E-state index contributed by atoms with van der Waals surface area (Å²) in [5, 5.41) is 3.52. The average Bonchev–Trinajstić information content (AvgIpc) is 2.82. The molecule has 37 heavy (non-hydrogen) atoms. The fourth-order valence-electron chi connectivity index (χ4n) is 4.53. The van der Waals surface area contributed by atoms with Crippen molar-refractivity contribution in [2.45, 2.75) is 78.7 Å². The first kappa shape index (κ1) is 28.2. The minimum Gasteiger partial charge on any atom is -0.466 e. The summed E-state index contributed by atoms with van der Waals surface area (Å²) in [4.78, 5) is 48.9. The van der Waals surface area contributed by atoms with Crippen molar-refractivity contribution in [3.8, 4) is 5.75 Å². The van der Waals surface area contributed by atoms with Gasteiger partial charge in [-0.1, -0.05) is 0 Å². The van der Waals surface area contributed by atoms with Crippen molar-refractivity contribution < 1.29 is 33.0 Å². The molecular weight excluding hydrogens is 478 g/mol. The molecule has 1 saturated carbocycles. The topological polar surface area (TPSA) is 121 Å². The van der Waals surface area contributed by atoms with Gasteiger partial charge in [0.15, 0.2) is 0 Å². The Balaban J connectivity index is 1.56. The van der Waals surface area contributed by atoms with Crippen LogP contribution >= 0.6 is 0 Å². The fourth-order valence-corrected chi connectivity index (χ4v) is 4.53. The molecule has 9 heteroatoms. The molecule has 0 aliphatic heterocycles. The van der Waals surface area contributed by atoms with E-state index in [0.717, 1.165) is 23.8 Å². The molecule has 1 aliphatic rings. The van der Waals surface area contributed by atoms with Crippen LogP contribution in [-0.4, -0.2) is 36.8 Å². The summed E-state index contributed by atoms with van der Waals surface area (Å²) in [5.41, 5.74) is 0.428. The van der Waals surface area contributed by atoms with Gasteiger partial charge in [-0.15, -0.1) is 0 Å². The number of fused-ring (bicyclic) bond motifs is 1. The lowest BCUT2D eigenvalue weighted by molar-refractivity contribution is -0.143. The van der Waals surface area contributed by atoms with E-state index in [1.807, 2.05) is 27.7 Å². The Hall–Kier alpha value is -3.36. The lowest BCUT2D eigenvalue weighted by Gasteiger charge is -2.28. The molecule has 1 amide bonds. The Morgan fingerprint density at radius 3 is 2.46 bits per heavy atom. The van der Waals surface area contributed by atoms with Gasteiger partial charge in [-0.2, -0.15) is 0 Å². The van der Waals surface area contributed by atoms with Crippen LogP contribution in [0, 0.1) is 18.8 Å². The first-order chi connectivity index (χ1) is 17.5. The summed E-state index contributed by atoms with van der Waals surface area (Å²) in [5.74, 6) is -0.312. The third-order valence-electron chi connectivity index (χ3n) is 6.48. The van der Waals surface area contributed by atoms with Crippen molar-refractivity contribution in [1.82, 2.24) is 5.32 Å². The molecule has 1 aromatic heterocycles. The quantitative estimate of drug-likeness (QED) is 0.301. The number of carbonyl (C=O) groups excluding carboxylic acids is 3. The van der Waals surface area contributed by atoms with Crippen molar-refractivity contribution in [1.29, 1.82) is 0 Å². The summed E-state index contributed by atoms with van der Waals surface area (Å²) in [6, 6.07) is 4.98. The highest BCUT2D eigenvalue weighted by atomic mass is 16.6. The van der Waals surface area contributed by atoms with Gasteiger partial charge in [-0.3, -0.25) is 9.59 Å². The van der Waals surface area contributed by atoms with Gasteiger partial charge < -0.3 is 23.9 Å². The Labute approximate surface area is 216 Å². The number of rotatable bonds is 8. The Bertz CT molecular complexity index is 1190. The van der Waals surface area contributed by atoms with E-state index in [1.54, 1.807) is 25.1 Å². The van der Waals surface area contributed by atoms with Crippen LogP contribution in [0.1, 0.15) is 70.9 Å². The summed E-state index contributed by atoms with van der Waals surface area (Å²) in [7, 11) is 0. The van der Waals surface area contributed by atoms with E-state index in [4.69, 9.17) is 18.6 Å². The van der Waals surface area contributed by atoms with Crippen LogP contribution in [0.4, 0.5) is 4.79 Å². The molecule has 1 aliphatic carbocycles. The molecule has 1 aromatic carbocycles. The molecule has 202 valence electrons. The highest BCUT2D eigenvalue weighted by molar-refractivity contribution is 5.84. The van der Waals surface area contributed by atoms with Gasteiger partial charge in [-0.25, -0.2) is 9.59 Å². The number of hydrogen-bond donors (Lipinski definition) is 1. The number of nitrogens with one attached hydrogen (secondary N) is 1. The van der Waals surface area contributed by atoms with Crippen molar-refractivity contribution in [3.63, 3.8) is 0 Å². The zero-order chi connectivity index (χ0) is 27.2. The van der Waals surface area contributed by atoms with Gasteiger partial charge in [-0.05, 0) is 90.3 Å². The second kappa shape index (κ2) is 12.3. The van der Waals surface area contributed by atoms with E-state index in [9.17, 15) is 19.2 Å². The third kappa shape index (κ3) is 8.06. The molecule has 3 rings (SSSR count). The number of benzene rings is 1. The number of carbonyl (C=O) groups is 3. The average molecular weight is 516 g/mol. The second-order valence-corrected chi connectivity index (χ2v) is 10.5. The molecule has 1 fully saturated rings. The number of alkyl carbamates (subject to hydrolysis) is 1. The zero-order valence-corrected chi connectivity index (χ0v) is 22.3. The standard InChI is InChI=1S/C28H37NO8/c1-6-34-24(30)14-13-22-17(2)21-12-11-20(15-23(21)36-26(22)32)35-25(31)19-9-7-18(8-10-19)16-29-27(33)37-28(3,4)5/h11-12,15,18-19H,6-10,13-14,16H2,1-5H3,(H,29,33). The molecule has 0 unspecified atom stereocenters. The molecule has 2 aromatic rings. The zero-order valence-electron chi connectivity index (χ0n) is 22.3. The van der Waals surface area contributed by atoms with Crippen LogP contribution in [0.3, 0.4) is 0 Å². The smallest absolute Gasteiger partial charge is 0.407 e. The molecule has 0 spiro atoms. The number of hydrogen-bond acceptors (Lipinski definition) is 8. The van der Waals surface area contributed by atoms with E-state index >= 15 is 0 Å². The Morgan fingerprint density at radius 1 is 1.11 bits per heavy atom. The maximum absolute atomic E-state index is 12.8. The number of esters is 2. The van der Waals surface area contributed by atoms with Gasteiger partial charge in [0.1, 0.15) is 16.9 Å². The summed E-state index contributed by atoms with van der Waals surface area (Å²) >= 11 is 0. The largest absolute Gasteiger partial charge is 0.466 e. The molecule has 9 nitrogen and oxygen atoms in total. The van der Waals surface area contributed by atoms with E-state index in [0.29, 0.717) is 42.9 Å². The highest BCUT2D eigenvalue weighted by Crippen LogP contribution is 2.31. The molecule has 0 radical (unpaired) electrons. The van der Waals surface area contributed by atoms with E-state index in [1.165, 1.54) is 0 Å². The normalized spacial score (nSPS) is 17.8. The van der Waals surface area contributed by atoms with Crippen LogP contribution in [0.25, 0.3) is 11.0 Å². The van der Waals surface area contributed by atoms with Crippen LogP contribution in [0.2, 0.25) is 0 Å². The SMILES string of the molecule is CCOC(=O)CCc1c(C)c2ccc(OC(=O)C3CCC(CNC(=O)OC(C)(C)C)CC3)cc2oc1=O. The van der Waals surface area contributed by atoms with Crippen molar-refractivity contribution in [2.24, 2.45) is 11.8 Å². The van der Waals surface area contributed by atoms with E-state index < -0.39 is 17.3 Å². The van der Waals surface area contributed by atoms with Crippen LogP contribution < -0.4 is 15.7 Å². The minimum absolute atomic E-state index is 0.0972. The lowest BCUT2D eigenvalue weighted by Crippen LogP contribution is -2.36. The third-order valence-corrected chi connectivity index (χ3v) is 6.48. The molecule has 1 N–H and O–H groups in total. The number of aryl methyl sites for hydroxylation is 1. The molecule has 1 heterocycles. The van der Waals surface area contributed by atoms with E-state index in [-0.39, 0.29) is 36.6 Å². The highest BCUT2D eigenvalue weighted by Gasteiger charge is 2.28. The fraction of sp³-hybridized carbons (Fsp3) is 0.571. The van der Waals surface area contributed by atoms with Gasteiger partial charge in [0.05, 0.1) is 12.5 Å². The predicted molar refractivity (Wildman–Crippen MR) is 137 cm³/mol. The number of amides is 1. The minimum atomic E-state index is -0.540. The first-order valence-corrected chi connectivity index (χ1v) is 12.9. The van der Waals surface area contributed by atoms with Gasteiger partial charge in [0.25, 0.3) is 0 Å². The van der Waals surface area contributed by atoms with Gasteiger partial charge >= 0.3 is 23.7 Å². The second-order valence-electron chi connectivity index (χ2n) is 10.5. The van der Waals surface area contributed by atoms with Crippen molar-refractivity contribution >= 4 is 29.0 Å². The van der Waals surface area contributed by atoms with Crippen LogP contribution in [-0.2, 0) is 25.5 Å².